The molecular weight excluding hydrogens is 456 g/mol. The smallest absolute Gasteiger partial charge is 0.175 e. The maximum Gasteiger partial charge on any atom is 0.175 e. The lowest BCUT2D eigenvalue weighted by Crippen LogP contribution is -2.19. The van der Waals surface area contributed by atoms with E-state index in [0.717, 1.165) is 17.6 Å². The molecule has 0 aromatic heterocycles. The molecule has 0 spiro atoms. The zero-order valence-corrected chi connectivity index (χ0v) is 20.4. The Labute approximate surface area is 200 Å². The summed E-state index contributed by atoms with van der Waals surface area (Å²) in [6.07, 6.45) is 0.868. The molecule has 0 saturated carbocycles. The SMILES string of the molecule is COc1ccc(COC[C@H](C)Oc2cc(Oc3ccc(S(C)(=O)=O)cc3)cc(C(C)=O)c2)cc1. The molecule has 0 saturated heterocycles. The van der Waals surface area contributed by atoms with Gasteiger partial charge in [0, 0.05) is 17.9 Å². The molecule has 0 radical (unpaired) electrons. The number of benzene rings is 3. The summed E-state index contributed by atoms with van der Waals surface area (Å²) >= 11 is 0. The molecule has 180 valence electrons. The third-order valence-electron chi connectivity index (χ3n) is 4.89. The van der Waals surface area contributed by atoms with Crippen LogP contribution in [0, 0.1) is 0 Å². The maximum absolute atomic E-state index is 12.0. The third-order valence-corrected chi connectivity index (χ3v) is 6.02. The molecule has 0 aliphatic carbocycles. The Bertz CT molecular complexity index is 1220. The molecule has 3 aromatic rings. The largest absolute Gasteiger partial charge is 0.497 e. The van der Waals surface area contributed by atoms with E-state index < -0.39 is 9.84 Å². The predicted molar refractivity (Wildman–Crippen MR) is 129 cm³/mol. The van der Waals surface area contributed by atoms with Gasteiger partial charge in [0.2, 0.25) is 0 Å². The van der Waals surface area contributed by atoms with Crippen LogP contribution in [0.1, 0.15) is 29.8 Å². The second-order valence-corrected chi connectivity index (χ2v) is 9.90. The molecule has 0 amide bonds. The molecule has 0 unspecified atom stereocenters. The molecule has 0 bridgehead atoms. The molecule has 0 aliphatic heterocycles. The van der Waals surface area contributed by atoms with Crippen molar-refractivity contribution in [3.8, 4) is 23.0 Å². The highest BCUT2D eigenvalue weighted by Gasteiger charge is 2.12. The molecule has 3 aromatic carbocycles. The van der Waals surface area contributed by atoms with Gasteiger partial charge in [-0.25, -0.2) is 8.42 Å². The van der Waals surface area contributed by atoms with E-state index in [4.69, 9.17) is 18.9 Å². The highest BCUT2D eigenvalue weighted by Crippen LogP contribution is 2.29. The molecule has 7 nitrogen and oxygen atoms in total. The predicted octanol–water partition coefficient (Wildman–Crippen LogP) is 5.08. The first-order chi connectivity index (χ1) is 16.1. The fraction of sp³-hybridized carbons (Fsp3) is 0.269. The molecule has 8 heteroatoms. The van der Waals surface area contributed by atoms with Crippen molar-refractivity contribution in [2.45, 2.75) is 31.5 Å². The molecule has 0 N–H and O–H groups in total. The average Bonchev–Trinajstić information content (AvgIpc) is 2.79. The average molecular weight is 485 g/mol. The van der Waals surface area contributed by atoms with Crippen LogP contribution in [0.25, 0.3) is 0 Å². The van der Waals surface area contributed by atoms with Gasteiger partial charge in [0.25, 0.3) is 0 Å². The van der Waals surface area contributed by atoms with E-state index in [1.165, 1.54) is 19.1 Å². The van der Waals surface area contributed by atoms with E-state index in [0.29, 0.717) is 36.0 Å². The van der Waals surface area contributed by atoms with Crippen molar-refractivity contribution >= 4 is 15.6 Å². The highest BCUT2D eigenvalue weighted by atomic mass is 32.2. The number of rotatable bonds is 11. The van der Waals surface area contributed by atoms with Crippen LogP contribution in [0.5, 0.6) is 23.0 Å². The van der Waals surface area contributed by atoms with E-state index in [-0.39, 0.29) is 16.8 Å². The van der Waals surface area contributed by atoms with Gasteiger partial charge >= 0.3 is 0 Å². The number of methoxy groups -OCH3 is 1. The van der Waals surface area contributed by atoms with Crippen molar-refractivity contribution in [1.82, 2.24) is 0 Å². The lowest BCUT2D eigenvalue weighted by Gasteiger charge is -2.17. The van der Waals surface area contributed by atoms with Crippen LogP contribution in [0.2, 0.25) is 0 Å². The Morgan fingerprint density at radius 2 is 1.50 bits per heavy atom. The molecule has 3 rings (SSSR count). The summed E-state index contributed by atoms with van der Waals surface area (Å²) in [4.78, 5) is 12.2. The molecule has 0 aliphatic rings. The maximum atomic E-state index is 12.0. The summed E-state index contributed by atoms with van der Waals surface area (Å²) in [6, 6.07) is 18.6. The molecule has 0 fully saturated rings. The summed E-state index contributed by atoms with van der Waals surface area (Å²) in [7, 11) is -1.68. The number of Topliss-reactive ketones (excluding diaryl/α,β-unsaturated/α-hetero) is 1. The molecular formula is C26H28O7S. The summed E-state index contributed by atoms with van der Waals surface area (Å²) in [6.45, 7) is 4.12. The van der Waals surface area contributed by atoms with Crippen LogP contribution in [0.4, 0.5) is 0 Å². The van der Waals surface area contributed by atoms with Crippen LogP contribution in [-0.2, 0) is 21.2 Å². The van der Waals surface area contributed by atoms with Crippen LogP contribution >= 0.6 is 0 Å². The van der Waals surface area contributed by atoms with Gasteiger partial charge in [0.1, 0.15) is 29.1 Å². The second kappa shape index (κ2) is 11.2. The zero-order chi connectivity index (χ0) is 24.7. The topological polar surface area (TPSA) is 88.1 Å². The molecule has 0 heterocycles. The quantitative estimate of drug-likeness (QED) is 0.351. The number of ether oxygens (including phenoxy) is 4. The van der Waals surface area contributed by atoms with Crippen molar-refractivity contribution in [2.24, 2.45) is 0 Å². The first-order valence-corrected chi connectivity index (χ1v) is 12.5. The van der Waals surface area contributed by atoms with Gasteiger partial charge in [0.15, 0.2) is 15.6 Å². The summed E-state index contributed by atoms with van der Waals surface area (Å²) in [5.41, 5.74) is 1.45. The second-order valence-electron chi connectivity index (χ2n) is 7.89. The fourth-order valence-electron chi connectivity index (χ4n) is 3.12. The highest BCUT2D eigenvalue weighted by molar-refractivity contribution is 7.90. The molecule has 34 heavy (non-hydrogen) atoms. The minimum Gasteiger partial charge on any atom is -0.497 e. The Kier molecular flexibility index (Phi) is 8.31. The standard InChI is InChI=1S/C26H28O7S/c1-18(16-31-17-20-5-7-22(30-3)8-6-20)32-24-13-21(19(2)27)14-25(15-24)33-23-9-11-26(12-10-23)34(4,28)29/h5-15,18H,16-17H2,1-4H3/t18-/m0/s1. The van der Waals surface area contributed by atoms with Crippen LogP contribution in [0.15, 0.2) is 71.6 Å². The Balaban J connectivity index is 1.64. The van der Waals surface area contributed by atoms with Gasteiger partial charge in [-0.05, 0) is 67.9 Å². The van der Waals surface area contributed by atoms with E-state index in [1.807, 2.05) is 31.2 Å². The van der Waals surface area contributed by atoms with Crippen LogP contribution in [0.3, 0.4) is 0 Å². The van der Waals surface area contributed by atoms with Crippen molar-refractivity contribution in [3.63, 3.8) is 0 Å². The van der Waals surface area contributed by atoms with Crippen molar-refractivity contribution in [3.05, 3.63) is 77.9 Å². The summed E-state index contributed by atoms with van der Waals surface area (Å²) < 4.78 is 46.0. The number of hydrogen-bond donors (Lipinski definition) is 0. The number of carbonyl (C=O) groups is 1. The Morgan fingerprint density at radius 3 is 2.09 bits per heavy atom. The van der Waals surface area contributed by atoms with E-state index in [1.54, 1.807) is 37.4 Å². The Morgan fingerprint density at radius 1 is 0.882 bits per heavy atom. The molecule has 1 atom stereocenters. The van der Waals surface area contributed by atoms with Crippen molar-refractivity contribution in [1.29, 1.82) is 0 Å². The lowest BCUT2D eigenvalue weighted by atomic mass is 10.1. The van der Waals surface area contributed by atoms with Gasteiger partial charge in [-0.2, -0.15) is 0 Å². The number of carbonyl (C=O) groups excluding carboxylic acids is 1. The zero-order valence-electron chi connectivity index (χ0n) is 19.6. The van der Waals surface area contributed by atoms with Gasteiger partial charge in [-0.3, -0.25) is 4.79 Å². The van der Waals surface area contributed by atoms with Crippen molar-refractivity contribution < 1.29 is 32.2 Å². The minimum absolute atomic E-state index is 0.133. The van der Waals surface area contributed by atoms with E-state index >= 15 is 0 Å². The van der Waals surface area contributed by atoms with Gasteiger partial charge in [-0.1, -0.05) is 12.1 Å². The van der Waals surface area contributed by atoms with E-state index in [9.17, 15) is 13.2 Å². The van der Waals surface area contributed by atoms with Gasteiger partial charge < -0.3 is 18.9 Å². The van der Waals surface area contributed by atoms with E-state index in [2.05, 4.69) is 0 Å². The van der Waals surface area contributed by atoms with Gasteiger partial charge in [0.05, 0.1) is 25.2 Å². The first-order valence-electron chi connectivity index (χ1n) is 10.7. The minimum atomic E-state index is -3.30. The normalized spacial score (nSPS) is 12.1. The Hall–Kier alpha value is -3.36. The van der Waals surface area contributed by atoms with Gasteiger partial charge in [-0.15, -0.1) is 0 Å². The number of ketones is 1. The monoisotopic (exact) mass is 484 g/mol. The number of hydrogen-bond acceptors (Lipinski definition) is 7. The summed E-state index contributed by atoms with van der Waals surface area (Å²) in [5.74, 6) is 1.97. The third kappa shape index (κ3) is 7.33. The summed E-state index contributed by atoms with van der Waals surface area (Å²) in [5, 5.41) is 0. The lowest BCUT2D eigenvalue weighted by molar-refractivity contribution is 0.0491. The van der Waals surface area contributed by atoms with Crippen LogP contribution in [-0.4, -0.2) is 40.3 Å². The van der Waals surface area contributed by atoms with Crippen molar-refractivity contribution in [2.75, 3.05) is 20.0 Å². The fourth-order valence-corrected chi connectivity index (χ4v) is 3.75. The first kappa shape index (κ1) is 25.3. The van der Waals surface area contributed by atoms with Crippen LogP contribution < -0.4 is 14.2 Å². The number of sulfone groups is 1.